The van der Waals surface area contributed by atoms with Crippen molar-refractivity contribution in [2.24, 2.45) is 0 Å². The van der Waals surface area contributed by atoms with Gasteiger partial charge in [-0.3, -0.25) is 9.59 Å². The molecular weight excluding hydrogens is 394 g/mol. The molecule has 2 aromatic carbocycles. The predicted octanol–water partition coefficient (Wildman–Crippen LogP) is 5.66. The Kier molecular flexibility index (Phi) is 6.75. The van der Waals surface area contributed by atoms with Crippen LogP contribution in [0.15, 0.2) is 36.4 Å². The molecule has 0 radical (unpaired) electrons. The molecule has 0 aromatic heterocycles. The van der Waals surface area contributed by atoms with Gasteiger partial charge in [0.25, 0.3) is 0 Å². The molecule has 0 fully saturated rings. The van der Waals surface area contributed by atoms with E-state index in [9.17, 15) is 9.59 Å². The number of halogens is 4. The van der Waals surface area contributed by atoms with E-state index in [4.69, 9.17) is 46.4 Å². The second-order valence-electron chi connectivity index (χ2n) is 4.84. The van der Waals surface area contributed by atoms with Gasteiger partial charge in [0.15, 0.2) is 0 Å². The molecule has 0 unspecified atom stereocenters. The lowest BCUT2D eigenvalue weighted by molar-refractivity contribution is -0.121. The highest BCUT2D eigenvalue weighted by Gasteiger charge is 2.11. The molecular formula is C16H12Cl4N2O2. The van der Waals surface area contributed by atoms with E-state index in [1.165, 1.54) is 12.1 Å². The van der Waals surface area contributed by atoms with E-state index in [0.29, 0.717) is 31.5 Å². The SMILES string of the molecule is O=C(CCC(=O)Nc1ccc(Cl)cc1Cl)Nc1ccc(Cl)cc1Cl. The minimum Gasteiger partial charge on any atom is -0.325 e. The van der Waals surface area contributed by atoms with Crippen molar-refractivity contribution < 1.29 is 9.59 Å². The summed E-state index contributed by atoms with van der Waals surface area (Å²) in [4.78, 5) is 23.8. The van der Waals surface area contributed by atoms with Crippen LogP contribution in [0.4, 0.5) is 11.4 Å². The van der Waals surface area contributed by atoms with Gasteiger partial charge in [0.2, 0.25) is 11.8 Å². The third-order valence-corrected chi connectivity index (χ3v) is 4.09. The summed E-state index contributed by atoms with van der Waals surface area (Å²) >= 11 is 23.5. The first-order valence-electron chi connectivity index (χ1n) is 6.85. The highest BCUT2D eigenvalue weighted by molar-refractivity contribution is 6.37. The fraction of sp³-hybridized carbons (Fsp3) is 0.125. The molecule has 0 aliphatic rings. The largest absolute Gasteiger partial charge is 0.325 e. The van der Waals surface area contributed by atoms with Gasteiger partial charge in [-0.2, -0.15) is 0 Å². The lowest BCUT2D eigenvalue weighted by Gasteiger charge is -2.09. The Balaban J connectivity index is 1.85. The molecule has 0 saturated heterocycles. The van der Waals surface area contributed by atoms with Crippen LogP contribution >= 0.6 is 46.4 Å². The van der Waals surface area contributed by atoms with Gasteiger partial charge < -0.3 is 10.6 Å². The van der Waals surface area contributed by atoms with Crippen LogP contribution in [0.5, 0.6) is 0 Å². The number of rotatable bonds is 5. The third-order valence-electron chi connectivity index (χ3n) is 2.99. The van der Waals surface area contributed by atoms with Crippen molar-refractivity contribution in [3.63, 3.8) is 0 Å². The summed E-state index contributed by atoms with van der Waals surface area (Å²) in [5.74, 6) is -0.673. The zero-order chi connectivity index (χ0) is 17.7. The van der Waals surface area contributed by atoms with Gasteiger partial charge in [0.1, 0.15) is 0 Å². The van der Waals surface area contributed by atoms with Crippen LogP contribution in [-0.2, 0) is 9.59 Å². The second kappa shape index (κ2) is 8.58. The van der Waals surface area contributed by atoms with Crippen LogP contribution in [0.2, 0.25) is 20.1 Å². The number of anilines is 2. The van der Waals surface area contributed by atoms with E-state index >= 15 is 0 Å². The topological polar surface area (TPSA) is 58.2 Å². The summed E-state index contributed by atoms with van der Waals surface area (Å²) in [5.41, 5.74) is 0.874. The first kappa shape index (κ1) is 18.9. The molecule has 126 valence electrons. The van der Waals surface area contributed by atoms with E-state index in [-0.39, 0.29) is 24.7 Å². The summed E-state index contributed by atoms with van der Waals surface area (Å²) in [6.45, 7) is 0. The Bertz CT molecular complexity index is 715. The van der Waals surface area contributed by atoms with Crippen molar-refractivity contribution in [1.82, 2.24) is 0 Å². The lowest BCUT2D eigenvalue weighted by atomic mass is 10.2. The monoisotopic (exact) mass is 404 g/mol. The van der Waals surface area contributed by atoms with E-state index < -0.39 is 0 Å². The average molecular weight is 406 g/mol. The molecule has 0 atom stereocenters. The predicted molar refractivity (Wildman–Crippen MR) is 99.4 cm³/mol. The number of benzene rings is 2. The number of hydrogen-bond donors (Lipinski definition) is 2. The van der Waals surface area contributed by atoms with Crippen LogP contribution in [0.3, 0.4) is 0 Å². The maximum atomic E-state index is 11.9. The van der Waals surface area contributed by atoms with Gasteiger partial charge >= 0.3 is 0 Å². The highest BCUT2D eigenvalue weighted by Crippen LogP contribution is 2.26. The molecule has 0 aliphatic heterocycles. The lowest BCUT2D eigenvalue weighted by Crippen LogP contribution is -2.17. The minimum atomic E-state index is -0.337. The van der Waals surface area contributed by atoms with Gasteiger partial charge in [-0.25, -0.2) is 0 Å². The van der Waals surface area contributed by atoms with Gasteiger partial charge in [-0.15, -0.1) is 0 Å². The Morgan fingerprint density at radius 2 is 1.08 bits per heavy atom. The molecule has 4 nitrogen and oxygen atoms in total. The Labute approximate surface area is 159 Å². The summed E-state index contributed by atoms with van der Waals surface area (Å²) in [6.07, 6.45) is -0.00794. The van der Waals surface area contributed by atoms with Crippen molar-refractivity contribution in [2.75, 3.05) is 10.6 Å². The number of nitrogens with one attached hydrogen (secondary N) is 2. The zero-order valence-electron chi connectivity index (χ0n) is 12.2. The summed E-state index contributed by atoms with van der Waals surface area (Å²) in [6, 6.07) is 9.45. The van der Waals surface area contributed by atoms with E-state index in [2.05, 4.69) is 10.6 Å². The van der Waals surface area contributed by atoms with Crippen LogP contribution in [0, 0.1) is 0 Å². The fourth-order valence-electron chi connectivity index (χ4n) is 1.83. The van der Waals surface area contributed by atoms with Crippen molar-refractivity contribution >= 4 is 69.6 Å². The number of carbonyl (C=O) groups is 2. The smallest absolute Gasteiger partial charge is 0.224 e. The maximum absolute atomic E-state index is 11.9. The molecule has 2 amide bonds. The zero-order valence-corrected chi connectivity index (χ0v) is 15.2. The minimum absolute atomic E-state index is 0.00397. The second-order valence-corrected chi connectivity index (χ2v) is 6.53. The maximum Gasteiger partial charge on any atom is 0.224 e. The summed E-state index contributed by atoms with van der Waals surface area (Å²) in [5, 5.41) is 6.84. The average Bonchev–Trinajstić information content (AvgIpc) is 2.51. The number of carbonyl (C=O) groups excluding carboxylic acids is 2. The van der Waals surface area contributed by atoms with Crippen molar-refractivity contribution in [1.29, 1.82) is 0 Å². The number of amides is 2. The van der Waals surface area contributed by atoms with Gasteiger partial charge in [0, 0.05) is 22.9 Å². The molecule has 0 bridgehead atoms. The molecule has 2 rings (SSSR count). The van der Waals surface area contributed by atoms with Gasteiger partial charge in [0.05, 0.1) is 21.4 Å². The molecule has 0 aliphatic carbocycles. The first-order chi connectivity index (χ1) is 11.3. The fourth-order valence-corrected chi connectivity index (χ4v) is 2.75. The molecule has 2 aromatic rings. The molecule has 0 saturated carbocycles. The first-order valence-corrected chi connectivity index (χ1v) is 8.36. The standard InChI is InChI=1S/C16H12Cl4N2O2/c17-9-1-3-13(11(19)7-9)21-15(23)5-6-16(24)22-14-4-2-10(18)8-12(14)20/h1-4,7-8H,5-6H2,(H,21,23)(H,22,24). The van der Waals surface area contributed by atoms with Crippen molar-refractivity contribution in [3.8, 4) is 0 Å². The van der Waals surface area contributed by atoms with E-state index in [1.807, 2.05) is 0 Å². The van der Waals surface area contributed by atoms with Gasteiger partial charge in [-0.1, -0.05) is 46.4 Å². The van der Waals surface area contributed by atoms with Gasteiger partial charge in [-0.05, 0) is 36.4 Å². The Morgan fingerprint density at radius 1 is 0.708 bits per heavy atom. The Hall–Kier alpha value is -1.46. The quantitative estimate of drug-likeness (QED) is 0.674. The van der Waals surface area contributed by atoms with Crippen LogP contribution in [-0.4, -0.2) is 11.8 Å². The van der Waals surface area contributed by atoms with Crippen LogP contribution in [0.1, 0.15) is 12.8 Å². The van der Waals surface area contributed by atoms with Crippen molar-refractivity contribution in [2.45, 2.75) is 12.8 Å². The molecule has 2 N–H and O–H groups in total. The highest BCUT2D eigenvalue weighted by atomic mass is 35.5. The van der Waals surface area contributed by atoms with E-state index in [0.717, 1.165) is 0 Å². The normalized spacial score (nSPS) is 10.3. The number of hydrogen-bond acceptors (Lipinski definition) is 2. The molecule has 24 heavy (non-hydrogen) atoms. The molecule has 8 heteroatoms. The summed E-state index contributed by atoms with van der Waals surface area (Å²) < 4.78 is 0. The third kappa shape index (κ3) is 5.56. The van der Waals surface area contributed by atoms with Crippen LogP contribution in [0.25, 0.3) is 0 Å². The Morgan fingerprint density at radius 3 is 1.42 bits per heavy atom. The summed E-state index contributed by atoms with van der Waals surface area (Å²) in [7, 11) is 0. The molecule has 0 heterocycles. The van der Waals surface area contributed by atoms with Crippen LogP contribution < -0.4 is 10.6 Å². The molecule has 0 spiro atoms. The van der Waals surface area contributed by atoms with E-state index in [1.54, 1.807) is 24.3 Å². The van der Waals surface area contributed by atoms with Crippen molar-refractivity contribution in [3.05, 3.63) is 56.5 Å².